The Morgan fingerprint density at radius 2 is 1.88 bits per heavy atom. The Morgan fingerprint density at radius 1 is 1.00 bits per heavy atom. The van der Waals surface area contributed by atoms with Gasteiger partial charge in [-0.05, 0) is 61.6 Å². The fourth-order valence-electron chi connectivity index (χ4n) is 3.36. The summed E-state index contributed by atoms with van der Waals surface area (Å²) in [5.41, 5.74) is 3.12. The molecule has 2 aliphatic carbocycles. The maximum atomic E-state index is 11.1. The molecular formula is C16H20O. The Hall–Kier alpha value is -1.08. The predicted molar refractivity (Wildman–Crippen MR) is 69.8 cm³/mol. The lowest BCUT2D eigenvalue weighted by atomic mass is 9.72. The molecule has 1 aromatic rings. The van der Waals surface area contributed by atoms with Gasteiger partial charge in [0.1, 0.15) is 5.60 Å². The lowest BCUT2D eigenvalue weighted by molar-refractivity contribution is 0.0519. The van der Waals surface area contributed by atoms with E-state index in [9.17, 15) is 5.11 Å². The van der Waals surface area contributed by atoms with Gasteiger partial charge in [0.05, 0.1) is 0 Å². The molecule has 1 heteroatoms. The Labute approximate surface area is 103 Å². The molecule has 1 aromatic carbocycles. The van der Waals surface area contributed by atoms with Crippen molar-refractivity contribution in [2.75, 3.05) is 0 Å². The third kappa shape index (κ3) is 1.83. The molecule has 1 atom stereocenters. The molecule has 0 aliphatic heterocycles. The SMILES string of the molecule is OC1(C2=CCCCC2)CCCc2ccccc21. The van der Waals surface area contributed by atoms with Crippen LogP contribution in [0.5, 0.6) is 0 Å². The first-order valence-electron chi connectivity index (χ1n) is 6.81. The van der Waals surface area contributed by atoms with E-state index >= 15 is 0 Å². The topological polar surface area (TPSA) is 20.2 Å². The summed E-state index contributed by atoms with van der Waals surface area (Å²) in [7, 11) is 0. The first-order valence-corrected chi connectivity index (χ1v) is 6.81. The summed E-state index contributed by atoms with van der Waals surface area (Å²) < 4.78 is 0. The van der Waals surface area contributed by atoms with Crippen molar-refractivity contribution in [1.29, 1.82) is 0 Å². The van der Waals surface area contributed by atoms with Gasteiger partial charge in [0.25, 0.3) is 0 Å². The average molecular weight is 228 g/mol. The van der Waals surface area contributed by atoms with E-state index in [-0.39, 0.29) is 0 Å². The number of hydrogen-bond acceptors (Lipinski definition) is 1. The highest BCUT2D eigenvalue weighted by Gasteiger charge is 2.37. The monoisotopic (exact) mass is 228 g/mol. The zero-order chi connectivity index (χ0) is 11.7. The zero-order valence-electron chi connectivity index (χ0n) is 10.3. The molecule has 17 heavy (non-hydrogen) atoms. The van der Waals surface area contributed by atoms with Crippen LogP contribution >= 0.6 is 0 Å². The number of rotatable bonds is 1. The molecular weight excluding hydrogens is 208 g/mol. The number of hydrogen-bond donors (Lipinski definition) is 1. The largest absolute Gasteiger partial charge is 0.381 e. The van der Waals surface area contributed by atoms with Crippen LogP contribution in [0.25, 0.3) is 0 Å². The Kier molecular flexibility index (Phi) is 2.79. The molecule has 1 unspecified atom stereocenters. The van der Waals surface area contributed by atoms with Gasteiger partial charge in [-0.3, -0.25) is 0 Å². The Morgan fingerprint density at radius 3 is 2.71 bits per heavy atom. The molecule has 0 saturated heterocycles. The van der Waals surface area contributed by atoms with E-state index < -0.39 is 5.60 Å². The molecule has 1 N–H and O–H groups in total. The fourth-order valence-corrected chi connectivity index (χ4v) is 3.36. The van der Waals surface area contributed by atoms with Crippen LogP contribution in [0.15, 0.2) is 35.9 Å². The maximum absolute atomic E-state index is 11.1. The molecule has 0 amide bonds. The van der Waals surface area contributed by atoms with Gasteiger partial charge in [-0.1, -0.05) is 30.3 Å². The molecule has 0 radical (unpaired) electrons. The van der Waals surface area contributed by atoms with Crippen LogP contribution < -0.4 is 0 Å². The normalized spacial score (nSPS) is 28.4. The van der Waals surface area contributed by atoms with Crippen LogP contribution in [0, 0.1) is 0 Å². The minimum Gasteiger partial charge on any atom is -0.381 e. The van der Waals surface area contributed by atoms with Crippen molar-refractivity contribution < 1.29 is 5.11 Å². The first-order chi connectivity index (χ1) is 8.31. The van der Waals surface area contributed by atoms with Gasteiger partial charge < -0.3 is 5.11 Å². The molecule has 3 rings (SSSR count). The van der Waals surface area contributed by atoms with E-state index in [1.165, 1.54) is 29.5 Å². The summed E-state index contributed by atoms with van der Waals surface area (Å²) in [5, 5.41) is 11.1. The molecule has 0 heterocycles. The second-order valence-corrected chi connectivity index (χ2v) is 5.35. The van der Waals surface area contributed by atoms with E-state index in [0.717, 1.165) is 32.1 Å². The summed E-state index contributed by atoms with van der Waals surface area (Å²) in [4.78, 5) is 0. The summed E-state index contributed by atoms with van der Waals surface area (Å²) in [6.07, 6.45) is 10.1. The highest BCUT2D eigenvalue weighted by atomic mass is 16.3. The fraction of sp³-hybridized carbons (Fsp3) is 0.500. The van der Waals surface area contributed by atoms with Crippen molar-refractivity contribution in [3.8, 4) is 0 Å². The minimum atomic E-state index is -0.657. The third-order valence-corrected chi connectivity index (χ3v) is 4.27. The molecule has 0 bridgehead atoms. The highest BCUT2D eigenvalue weighted by Crippen LogP contribution is 2.43. The number of aliphatic hydroxyl groups is 1. The molecule has 0 aromatic heterocycles. The number of allylic oxidation sites excluding steroid dienone is 1. The first kappa shape index (κ1) is 11.0. The molecule has 2 aliphatic rings. The van der Waals surface area contributed by atoms with Crippen molar-refractivity contribution in [2.24, 2.45) is 0 Å². The van der Waals surface area contributed by atoms with E-state index in [0.29, 0.717) is 0 Å². The molecule has 0 saturated carbocycles. The van der Waals surface area contributed by atoms with E-state index in [1.807, 2.05) is 0 Å². The molecule has 0 fully saturated rings. The number of fused-ring (bicyclic) bond motifs is 1. The summed E-state index contributed by atoms with van der Waals surface area (Å²) in [6.45, 7) is 0. The van der Waals surface area contributed by atoms with E-state index in [2.05, 4.69) is 30.3 Å². The zero-order valence-corrected chi connectivity index (χ0v) is 10.3. The smallest absolute Gasteiger partial charge is 0.111 e. The highest BCUT2D eigenvalue weighted by molar-refractivity contribution is 5.41. The van der Waals surface area contributed by atoms with Gasteiger partial charge in [-0.15, -0.1) is 0 Å². The van der Waals surface area contributed by atoms with Crippen molar-refractivity contribution in [3.63, 3.8) is 0 Å². The van der Waals surface area contributed by atoms with Gasteiger partial charge in [-0.2, -0.15) is 0 Å². The lowest BCUT2D eigenvalue weighted by Crippen LogP contribution is -2.33. The summed E-state index contributed by atoms with van der Waals surface area (Å²) >= 11 is 0. The quantitative estimate of drug-likeness (QED) is 0.726. The van der Waals surface area contributed by atoms with E-state index in [1.54, 1.807) is 0 Å². The van der Waals surface area contributed by atoms with Crippen LogP contribution in [0.3, 0.4) is 0 Å². The predicted octanol–water partition coefficient (Wildman–Crippen LogP) is 3.71. The van der Waals surface area contributed by atoms with Crippen LogP contribution in [0.1, 0.15) is 49.7 Å². The van der Waals surface area contributed by atoms with Crippen LogP contribution in [-0.2, 0) is 12.0 Å². The van der Waals surface area contributed by atoms with E-state index in [4.69, 9.17) is 0 Å². The Bertz CT molecular complexity index is 447. The van der Waals surface area contributed by atoms with Crippen LogP contribution in [0.4, 0.5) is 0 Å². The Balaban J connectivity index is 2.05. The molecule has 90 valence electrons. The second-order valence-electron chi connectivity index (χ2n) is 5.35. The van der Waals surface area contributed by atoms with Crippen molar-refractivity contribution in [1.82, 2.24) is 0 Å². The number of aryl methyl sites for hydroxylation is 1. The third-order valence-electron chi connectivity index (χ3n) is 4.27. The standard InChI is InChI=1S/C16H20O/c17-16(14-9-2-1-3-10-14)12-6-8-13-7-4-5-11-15(13)16/h4-5,7,9,11,17H,1-3,6,8,10,12H2. The number of benzene rings is 1. The van der Waals surface area contributed by atoms with Gasteiger partial charge in [0, 0.05) is 0 Å². The van der Waals surface area contributed by atoms with Gasteiger partial charge in [-0.25, -0.2) is 0 Å². The van der Waals surface area contributed by atoms with Gasteiger partial charge >= 0.3 is 0 Å². The van der Waals surface area contributed by atoms with Gasteiger partial charge in [0.15, 0.2) is 0 Å². The van der Waals surface area contributed by atoms with Crippen molar-refractivity contribution >= 4 is 0 Å². The minimum absolute atomic E-state index is 0.657. The maximum Gasteiger partial charge on any atom is 0.111 e. The summed E-state index contributed by atoms with van der Waals surface area (Å²) in [6, 6.07) is 8.42. The van der Waals surface area contributed by atoms with Crippen LogP contribution in [0.2, 0.25) is 0 Å². The van der Waals surface area contributed by atoms with Gasteiger partial charge in [0.2, 0.25) is 0 Å². The summed E-state index contributed by atoms with van der Waals surface area (Å²) in [5.74, 6) is 0. The van der Waals surface area contributed by atoms with Crippen LogP contribution in [-0.4, -0.2) is 5.11 Å². The molecule has 0 spiro atoms. The molecule has 1 nitrogen and oxygen atoms in total. The van der Waals surface area contributed by atoms with Crippen molar-refractivity contribution in [3.05, 3.63) is 47.0 Å². The second kappa shape index (κ2) is 4.30. The lowest BCUT2D eigenvalue weighted by Gasteiger charge is -2.38. The van der Waals surface area contributed by atoms with Crippen molar-refractivity contribution in [2.45, 2.75) is 50.5 Å². The average Bonchev–Trinajstić information content (AvgIpc) is 2.40.